The molecule has 1 amide bonds. The molecule has 0 fully saturated rings. The van der Waals surface area contributed by atoms with Gasteiger partial charge in [0, 0.05) is 16.1 Å². The van der Waals surface area contributed by atoms with Crippen molar-refractivity contribution in [2.24, 2.45) is 5.73 Å². The van der Waals surface area contributed by atoms with Gasteiger partial charge in [-0.25, -0.2) is 0 Å². The fourth-order valence-corrected chi connectivity index (χ4v) is 2.42. The maximum atomic E-state index is 11.8. The van der Waals surface area contributed by atoms with Crippen LogP contribution in [0.15, 0.2) is 41.8 Å². The summed E-state index contributed by atoms with van der Waals surface area (Å²) in [6, 6.07) is 11.3. The molecule has 0 aliphatic heterocycles. The van der Waals surface area contributed by atoms with Crippen LogP contribution in [-0.2, 0) is 4.79 Å². The van der Waals surface area contributed by atoms with Gasteiger partial charge in [0.05, 0.1) is 6.04 Å². The molecule has 2 rings (SSSR count). The fourth-order valence-electron chi connectivity index (χ4n) is 1.65. The van der Waals surface area contributed by atoms with Gasteiger partial charge in [-0.1, -0.05) is 31.2 Å². The van der Waals surface area contributed by atoms with Crippen molar-refractivity contribution in [2.45, 2.75) is 19.4 Å². The Labute approximate surface area is 111 Å². The van der Waals surface area contributed by atoms with E-state index in [1.165, 1.54) is 0 Å². The zero-order valence-electron chi connectivity index (χ0n) is 10.2. The Kier molecular flexibility index (Phi) is 4.12. The van der Waals surface area contributed by atoms with Crippen LogP contribution in [0, 0.1) is 0 Å². The third-order valence-corrected chi connectivity index (χ3v) is 3.65. The van der Waals surface area contributed by atoms with E-state index in [2.05, 4.69) is 5.32 Å². The van der Waals surface area contributed by atoms with Gasteiger partial charge in [-0.15, -0.1) is 11.3 Å². The summed E-state index contributed by atoms with van der Waals surface area (Å²) in [5, 5.41) is 4.91. The molecule has 1 atom stereocenters. The molecule has 2 aromatic rings. The average molecular weight is 260 g/mol. The number of anilines is 1. The smallest absolute Gasteiger partial charge is 0.241 e. The summed E-state index contributed by atoms with van der Waals surface area (Å²) in [6.07, 6.45) is 0.632. The second kappa shape index (κ2) is 5.80. The maximum absolute atomic E-state index is 11.8. The minimum absolute atomic E-state index is 0.137. The Hall–Kier alpha value is -1.65. The van der Waals surface area contributed by atoms with E-state index in [9.17, 15) is 4.79 Å². The summed E-state index contributed by atoms with van der Waals surface area (Å²) >= 11 is 1.65. The number of hydrogen-bond acceptors (Lipinski definition) is 3. The van der Waals surface area contributed by atoms with Crippen molar-refractivity contribution in [3.05, 3.63) is 41.8 Å². The van der Waals surface area contributed by atoms with E-state index in [0.717, 1.165) is 16.1 Å². The first kappa shape index (κ1) is 12.8. The van der Waals surface area contributed by atoms with Crippen molar-refractivity contribution < 1.29 is 4.79 Å². The van der Waals surface area contributed by atoms with Crippen LogP contribution in [0.3, 0.4) is 0 Å². The number of nitrogens with two attached hydrogens (primary N) is 1. The van der Waals surface area contributed by atoms with E-state index in [1.54, 1.807) is 11.3 Å². The number of thiophene rings is 1. The van der Waals surface area contributed by atoms with Crippen molar-refractivity contribution in [3.63, 3.8) is 0 Å². The summed E-state index contributed by atoms with van der Waals surface area (Å²) in [7, 11) is 0. The van der Waals surface area contributed by atoms with Gasteiger partial charge in [-0.2, -0.15) is 0 Å². The molecule has 0 saturated carbocycles. The molecular weight excluding hydrogens is 244 g/mol. The Morgan fingerprint density at radius 1 is 1.33 bits per heavy atom. The summed E-state index contributed by atoms with van der Waals surface area (Å²) in [4.78, 5) is 13.0. The van der Waals surface area contributed by atoms with Crippen LogP contribution in [0.25, 0.3) is 10.4 Å². The molecule has 4 heteroatoms. The van der Waals surface area contributed by atoms with Crippen molar-refractivity contribution >= 4 is 22.9 Å². The summed E-state index contributed by atoms with van der Waals surface area (Å²) in [6.45, 7) is 1.90. The van der Waals surface area contributed by atoms with Crippen LogP contribution in [0.5, 0.6) is 0 Å². The molecule has 1 heterocycles. The van der Waals surface area contributed by atoms with Gasteiger partial charge < -0.3 is 11.1 Å². The molecule has 1 aromatic carbocycles. The molecule has 1 aromatic heterocycles. The topological polar surface area (TPSA) is 55.1 Å². The molecular formula is C14H16N2OS. The predicted molar refractivity (Wildman–Crippen MR) is 76.7 cm³/mol. The first-order valence-electron chi connectivity index (χ1n) is 5.91. The van der Waals surface area contributed by atoms with Crippen LogP contribution >= 0.6 is 11.3 Å². The quantitative estimate of drug-likeness (QED) is 0.887. The lowest BCUT2D eigenvalue weighted by Crippen LogP contribution is -2.34. The van der Waals surface area contributed by atoms with Gasteiger partial charge in [0.25, 0.3) is 0 Å². The molecule has 0 bridgehead atoms. The Morgan fingerprint density at radius 2 is 2.11 bits per heavy atom. The van der Waals surface area contributed by atoms with Crippen molar-refractivity contribution in [1.82, 2.24) is 0 Å². The number of amides is 1. The SMILES string of the molecule is CC[C@@H](N)C(=O)Nc1ccccc1-c1cccs1. The highest BCUT2D eigenvalue weighted by Gasteiger charge is 2.13. The molecule has 0 aliphatic carbocycles. The second-order valence-corrected chi connectivity index (χ2v) is 4.97. The Bertz CT molecular complexity index is 522. The molecule has 0 radical (unpaired) electrons. The van der Waals surface area contributed by atoms with E-state index >= 15 is 0 Å². The highest BCUT2D eigenvalue weighted by atomic mass is 32.1. The molecule has 0 unspecified atom stereocenters. The monoisotopic (exact) mass is 260 g/mol. The average Bonchev–Trinajstić information content (AvgIpc) is 2.92. The van der Waals surface area contributed by atoms with E-state index < -0.39 is 6.04 Å². The number of benzene rings is 1. The van der Waals surface area contributed by atoms with Crippen LogP contribution < -0.4 is 11.1 Å². The Balaban J connectivity index is 2.26. The summed E-state index contributed by atoms with van der Waals surface area (Å²) in [5.41, 5.74) is 7.57. The van der Waals surface area contributed by atoms with Crippen molar-refractivity contribution in [1.29, 1.82) is 0 Å². The third-order valence-electron chi connectivity index (χ3n) is 2.75. The lowest BCUT2D eigenvalue weighted by molar-refractivity contribution is -0.117. The standard InChI is InChI=1S/C14H16N2OS/c1-2-11(15)14(17)16-12-7-4-3-6-10(12)13-8-5-9-18-13/h3-9,11H,2,15H2,1H3,(H,16,17)/t11-/m1/s1. The predicted octanol–water partition coefficient (Wildman–Crippen LogP) is 3.09. The summed E-state index contributed by atoms with van der Waals surface area (Å²) < 4.78 is 0. The zero-order valence-corrected chi connectivity index (χ0v) is 11.0. The number of carbonyl (C=O) groups is 1. The van der Waals surface area contributed by atoms with Gasteiger partial charge in [-0.05, 0) is 23.9 Å². The first-order chi connectivity index (χ1) is 8.72. The van der Waals surface area contributed by atoms with Gasteiger partial charge in [0.2, 0.25) is 5.91 Å². The van der Waals surface area contributed by atoms with E-state index in [1.807, 2.05) is 48.7 Å². The molecule has 3 N–H and O–H groups in total. The van der Waals surface area contributed by atoms with Gasteiger partial charge in [0.15, 0.2) is 0 Å². The highest BCUT2D eigenvalue weighted by Crippen LogP contribution is 2.31. The largest absolute Gasteiger partial charge is 0.324 e. The molecule has 0 aliphatic rings. The van der Waals surface area contributed by atoms with Crippen LogP contribution in [0.4, 0.5) is 5.69 Å². The van der Waals surface area contributed by atoms with Crippen molar-refractivity contribution in [3.8, 4) is 10.4 Å². The second-order valence-electron chi connectivity index (χ2n) is 4.03. The number of carbonyl (C=O) groups excluding carboxylic acids is 1. The maximum Gasteiger partial charge on any atom is 0.241 e. The Morgan fingerprint density at radius 3 is 2.78 bits per heavy atom. The number of para-hydroxylation sites is 1. The van der Waals surface area contributed by atoms with E-state index in [-0.39, 0.29) is 5.91 Å². The highest BCUT2D eigenvalue weighted by molar-refractivity contribution is 7.13. The van der Waals surface area contributed by atoms with Crippen molar-refractivity contribution in [2.75, 3.05) is 5.32 Å². The van der Waals surface area contributed by atoms with Gasteiger partial charge >= 0.3 is 0 Å². The summed E-state index contributed by atoms with van der Waals surface area (Å²) in [5.74, 6) is -0.137. The fraction of sp³-hybridized carbons (Fsp3) is 0.214. The lowest BCUT2D eigenvalue weighted by atomic mass is 10.1. The van der Waals surface area contributed by atoms with Gasteiger partial charge in [0.1, 0.15) is 0 Å². The first-order valence-corrected chi connectivity index (χ1v) is 6.79. The molecule has 94 valence electrons. The normalized spacial score (nSPS) is 12.1. The molecule has 0 saturated heterocycles. The number of hydrogen-bond donors (Lipinski definition) is 2. The molecule has 18 heavy (non-hydrogen) atoms. The lowest BCUT2D eigenvalue weighted by Gasteiger charge is -2.13. The third kappa shape index (κ3) is 2.78. The number of rotatable bonds is 4. The van der Waals surface area contributed by atoms with Crippen LogP contribution in [-0.4, -0.2) is 11.9 Å². The van der Waals surface area contributed by atoms with E-state index in [0.29, 0.717) is 6.42 Å². The minimum Gasteiger partial charge on any atom is -0.324 e. The molecule has 3 nitrogen and oxygen atoms in total. The minimum atomic E-state index is -0.457. The van der Waals surface area contributed by atoms with E-state index in [4.69, 9.17) is 5.73 Å². The number of nitrogens with one attached hydrogen (secondary N) is 1. The van der Waals surface area contributed by atoms with Crippen LogP contribution in [0.1, 0.15) is 13.3 Å². The van der Waals surface area contributed by atoms with Crippen LogP contribution in [0.2, 0.25) is 0 Å². The van der Waals surface area contributed by atoms with Gasteiger partial charge in [-0.3, -0.25) is 4.79 Å². The molecule has 0 spiro atoms. The zero-order chi connectivity index (χ0) is 13.0.